The Kier molecular flexibility index (Phi) is 7.77. The maximum absolute atomic E-state index is 12.3. The molecule has 0 saturated heterocycles. The predicted molar refractivity (Wildman–Crippen MR) is 111 cm³/mol. The fourth-order valence-electron chi connectivity index (χ4n) is 3.16. The van der Waals surface area contributed by atoms with Gasteiger partial charge in [0.25, 0.3) is 0 Å². The van der Waals surface area contributed by atoms with Crippen LogP contribution in [0.25, 0.3) is 6.08 Å². The zero-order chi connectivity index (χ0) is 21.6. The second-order valence-corrected chi connectivity index (χ2v) is 7.11. The molecule has 0 saturated carbocycles. The highest BCUT2D eigenvalue weighted by molar-refractivity contribution is 6.30. The SMILES string of the molecule is COC[C@H](C)n1c(C)cc(/C=C(\C#N)C(=O)OCC(=O)c2ccc(Cl)cc2)c1C. The Morgan fingerprint density at radius 3 is 2.52 bits per heavy atom. The van der Waals surface area contributed by atoms with E-state index < -0.39 is 12.6 Å². The highest BCUT2D eigenvalue weighted by Crippen LogP contribution is 2.23. The first-order chi connectivity index (χ1) is 13.8. The molecule has 0 aliphatic rings. The van der Waals surface area contributed by atoms with E-state index in [1.807, 2.05) is 32.9 Å². The molecule has 1 atom stereocenters. The monoisotopic (exact) mass is 414 g/mol. The number of aryl methyl sites for hydroxylation is 1. The van der Waals surface area contributed by atoms with E-state index in [1.54, 1.807) is 31.4 Å². The number of aromatic nitrogens is 1. The third-order valence-corrected chi connectivity index (χ3v) is 4.76. The van der Waals surface area contributed by atoms with Gasteiger partial charge in [-0.2, -0.15) is 5.26 Å². The number of methoxy groups -OCH3 is 1. The Labute approximate surface area is 175 Å². The van der Waals surface area contributed by atoms with Crippen molar-refractivity contribution in [2.75, 3.05) is 20.3 Å². The van der Waals surface area contributed by atoms with Crippen LogP contribution in [-0.4, -0.2) is 36.6 Å². The molecule has 152 valence electrons. The van der Waals surface area contributed by atoms with Crippen molar-refractivity contribution in [3.05, 3.63) is 63.4 Å². The van der Waals surface area contributed by atoms with Crippen molar-refractivity contribution in [1.29, 1.82) is 5.26 Å². The van der Waals surface area contributed by atoms with Gasteiger partial charge in [0.1, 0.15) is 11.6 Å². The average Bonchev–Trinajstić information content (AvgIpc) is 2.97. The van der Waals surface area contributed by atoms with E-state index in [0.29, 0.717) is 17.2 Å². The van der Waals surface area contributed by atoms with Gasteiger partial charge in [0.05, 0.1) is 12.6 Å². The van der Waals surface area contributed by atoms with E-state index in [9.17, 15) is 14.9 Å². The van der Waals surface area contributed by atoms with Gasteiger partial charge >= 0.3 is 5.97 Å². The van der Waals surface area contributed by atoms with E-state index in [1.165, 1.54) is 6.08 Å². The molecule has 2 aromatic rings. The molecular formula is C22H23ClN2O4. The number of nitrogens with zero attached hydrogens (tertiary/aromatic N) is 2. The van der Waals surface area contributed by atoms with Gasteiger partial charge in [0.2, 0.25) is 0 Å². The molecule has 1 aromatic heterocycles. The number of Topliss-reactive ketones (excluding diaryl/α,β-unsaturated/α-hetero) is 1. The Bertz CT molecular complexity index is 968. The van der Waals surface area contributed by atoms with Crippen LogP contribution in [0.4, 0.5) is 0 Å². The normalized spacial score (nSPS) is 12.3. The number of carbonyl (C=O) groups excluding carboxylic acids is 2. The summed E-state index contributed by atoms with van der Waals surface area (Å²) in [7, 11) is 1.64. The van der Waals surface area contributed by atoms with Crippen molar-refractivity contribution in [3.8, 4) is 6.07 Å². The lowest BCUT2D eigenvalue weighted by atomic mass is 10.1. The molecule has 0 N–H and O–H groups in total. The molecule has 0 amide bonds. The first-order valence-electron chi connectivity index (χ1n) is 9.03. The molecule has 6 nitrogen and oxygen atoms in total. The van der Waals surface area contributed by atoms with Crippen LogP contribution in [-0.2, 0) is 14.3 Å². The molecule has 1 aromatic carbocycles. The summed E-state index contributed by atoms with van der Waals surface area (Å²) in [6.45, 7) is 5.97. The summed E-state index contributed by atoms with van der Waals surface area (Å²) < 4.78 is 12.3. The highest BCUT2D eigenvalue weighted by Gasteiger charge is 2.17. The van der Waals surface area contributed by atoms with E-state index in [4.69, 9.17) is 21.1 Å². The zero-order valence-corrected chi connectivity index (χ0v) is 17.6. The van der Waals surface area contributed by atoms with Gasteiger partial charge in [-0.3, -0.25) is 4.79 Å². The average molecular weight is 415 g/mol. The minimum absolute atomic E-state index is 0.108. The van der Waals surface area contributed by atoms with Gasteiger partial charge < -0.3 is 14.0 Å². The molecular weight excluding hydrogens is 392 g/mol. The number of nitriles is 1. The highest BCUT2D eigenvalue weighted by atomic mass is 35.5. The lowest BCUT2D eigenvalue weighted by Crippen LogP contribution is -2.15. The smallest absolute Gasteiger partial charge is 0.349 e. The minimum Gasteiger partial charge on any atom is -0.453 e. The van der Waals surface area contributed by atoms with Crippen molar-refractivity contribution < 1.29 is 19.1 Å². The number of rotatable bonds is 8. The third-order valence-electron chi connectivity index (χ3n) is 4.51. The number of benzene rings is 1. The molecule has 0 aliphatic heterocycles. The van der Waals surface area contributed by atoms with Gasteiger partial charge in [-0.05, 0) is 62.7 Å². The van der Waals surface area contributed by atoms with E-state index in [0.717, 1.165) is 17.0 Å². The number of halogens is 1. The van der Waals surface area contributed by atoms with Crippen LogP contribution in [0.15, 0.2) is 35.9 Å². The number of ketones is 1. The third kappa shape index (κ3) is 5.57. The molecule has 0 bridgehead atoms. The number of ether oxygens (including phenoxy) is 2. The number of carbonyl (C=O) groups is 2. The molecule has 0 fully saturated rings. The fourth-order valence-corrected chi connectivity index (χ4v) is 3.29. The lowest BCUT2D eigenvalue weighted by molar-refractivity contribution is -0.137. The summed E-state index contributed by atoms with van der Waals surface area (Å²) in [6.07, 6.45) is 1.48. The summed E-state index contributed by atoms with van der Waals surface area (Å²) in [5.74, 6) is -1.22. The van der Waals surface area contributed by atoms with Gasteiger partial charge in [0, 0.05) is 29.1 Å². The minimum atomic E-state index is -0.843. The molecule has 1 heterocycles. The van der Waals surface area contributed by atoms with Crippen LogP contribution in [0.1, 0.15) is 40.3 Å². The quantitative estimate of drug-likeness (QED) is 0.278. The first-order valence-corrected chi connectivity index (χ1v) is 9.41. The maximum Gasteiger partial charge on any atom is 0.349 e. The van der Waals surface area contributed by atoms with Crippen molar-refractivity contribution in [1.82, 2.24) is 4.57 Å². The molecule has 0 aliphatic carbocycles. The van der Waals surface area contributed by atoms with E-state index >= 15 is 0 Å². The summed E-state index contributed by atoms with van der Waals surface area (Å²) >= 11 is 5.79. The largest absolute Gasteiger partial charge is 0.453 e. The van der Waals surface area contributed by atoms with Gasteiger partial charge in [-0.1, -0.05) is 11.6 Å². The van der Waals surface area contributed by atoms with Crippen molar-refractivity contribution in [2.24, 2.45) is 0 Å². The maximum atomic E-state index is 12.3. The van der Waals surface area contributed by atoms with E-state index in [2.05, 4.69) is 4.57 Å². The fraction of sp³-hybridized carbons (Fsp3) is 0.318. The van der Waals surface area contributed by atoms with Crippen molar-refractivity contribution >= 4 is 29.4 Å². The van der Waals surface area contributed by atoms with Gasteiger partial charge in [-0.25, -0.2) is 4.79 Å². The Morgan fingerprint density at radius 1 is 1.28 bits per heavy atom. The Morgan fingerprint density at radius 2 is 1.93 bits per heavy atom. The van der Waals surface area contributed by atoms with Crippen molar-refractivity contribution in [3.63, 3.8) is 0 Å². The lowest BCUT2D eigenvalue weighted by Gasteiger charge is -2.17. The van der Waals surface area contributed by atoms with Crippen LogP contribution >= 0.6 is 11.6 Å². The molecule has 0 radical (unpaired) electrons. The number of esters is 1. The van der Waals surface area contributed by atoms with Gasteiger partial charge in [-0.15, -0.1) is 0 Å². The summed E-state index contributed by atoms with van der Waals surface area (Å²) in [5.41, 5.74) is 2.84. The van der Waals surface area contributed by atoms with Crippen LogP contribution in [0.2, 0.25) is 5.02 Å². The molecule has 2 rings (SSSR count). The molecule has 0 spiro atoms. The molecule has 29 heavy (non-hydrogen) atoms. The second-order valence-electron chi connectivity index (χ2n) is 6.68. The predicted octanol–water partition coefficient (Wildman–Crippen LogP) is 4.30. The standard InChI is InChI=1S/C22H23ClN2O4/c1-14-9-18(16(3)25(14)15(2)12-28-4)10-19(11-24)22(27)29-13-21(26)17-5-7-20(23)8-6-17/h5-10,15H,12-13H2,1-4H3/b19-10+/t15-/m0/s1. The van der Waals surface area contributed by atoms with E-state index in [-0.39, 0.29) is 17.4 Å². The molecule has 0 unspecified atom stereocenters. The second kappa shape index (κ2) is 10.1. The number of hydrogen-bond donors (Lipinski definition) is 0. The summed E-state index contributed by atoms with van der Waals surface area (Å²) in [5, 5.41) is 9.89. The Hall–Kier alpha value is -2.88. The Balaban J connectivity index is 2.14. The van der Waals surface area contributed by atoms with Crippen LogP contribution in [0, 0.1) is 25.2 Å². The van der Waals surface area contributed by atoms with Gasteiger partial charge in [0.15, 0.2) is 12.4 Å². The summed E-state index contributed by atoms with van der Waals surface area (Å²) in [6, 6.07) is 10.1. The van der Waals surface area contributed by atoms with Crippen molar-refractivity contribution in [2.45, 2.75) is 26.8 Å². The topological polar surface area (TPSA) is 81.3 Å². The molecule has 7 heteroatoms. The number of hydrogen-bond acceptors (Lipinski definition) is 5. The summed E-state index contributed by atoms with van der Waals surface area (Å²) in [4.78, 5) is 24.4. The zero-order valence-electron chi connectivity index (χ0n) is 16.9. The van der Waals surface area contributed by atoms with Crippen LogP contribution < -0.4 is 0 Å². The van der Waals surface area contributed by atoms with Crippen LogP contribution in [0.3, 0.4) is 0 Å². The van der Waals surface area contributed by atoms with Crippen LogP contribution in [0.5, 0.6) is 0 Å². The first kappa shape index (κ1) is 22.4.